The maximum Gasteiger partial charge on any atom is 0.314 e. The highest BCUT2D eigenvalue weighted by Crippen LogP contribution is 2.62. The Bertz CT molecular complexity index is 547. The van der Waals surface area contributed by atoms with Crippen molar-refractivity contribution in [2.45, 2.75) is 65.7 Å². The van der Waals surface area contributed by atoms with Crippen molar-refractivity contribution in [1.82, 2.24) is 0 Å². The number of aliphatic hydroxyl groups excluding tert-OH is 1. The zero-order chi connectivity index (χ0) is 16.7. The Kier molecular flexibility index (Phi) is 4.43. The van der Waals surface area contributed by atoms with Gasteiger partial charge in [0, 0.05) is 0 Å². The number of hydrogen-bond donors (Lipinski definition) is 1. The van der Waals surface area contributed by atoms with Gasteiger partial charge in [-0.15, -0.1) is 0 Å². The largest absolute Gasteiger partial charge is 0.434 e. The highest BCUT2D eigenvalue weighted by atomic mass is 16.5. The highest BCUT2D eigenvalue weighted by molar-refractivity contribution is 5.75. The van der Waals surface area contributed by atoms with Crippen molar-refractivity contribution in [3.05, 3.63) is 23.5 Å². The van der Waals surface area contributed by atoms with Crippen LogP contribution >= 0.6 is 0 Å². The molecule has 23 heavy (non-hydrogen) atoms. The molecule has 2 aliphatic carbocycles. The van der Waals surface area contributed by atoms with Crippen LogP contribution in [0.15, 0.2) is 23.5 Å². The molecule has 1 heterocycles. The predicted octanol–water partition coefficient (Wildman–Crippen LogP) is 4.37. The van der Waals surface area contributed by atoms with Gasteiger partial charge in [-0.1, -0.05) is 26.8 Å². The third kappa shape index (κ3) is 2.77. The van der Waals surface area contributed by atoms with Crippen LogP contribution in [0.25, 0.3) is 0 Å². The Balaban J connectivity index is 1.81. The third-order valence-electron chi connectivity index (χ3n) is 7.25. The van der Waals surface area contributed by atoms with Crippen LogP contribution < -0.4 is 0 Å². The molecule has 4 atom stereocenters. The molecular formula is C20H30O3. The maximum absolute atomic E-state index is 11.3. The Morgan fingerprint density at radius 2 is 2.13 bits per heavy atom. The predicted molar refractivity (Wildman–Crippen MR) is 90.5 cm³/mol. The molecule has 0 aromatic heterocycles. The fourth-order valence-corrected chi connectivity index (χ4v) is 5.44. The van der Waals surface area contributed by atoms with E-state index in [4.69, 9.17) is 4.74 Å². The molecular weight excluding hydrogens is 288 g/mol. The molecule has 128 valence electrons. The molecule has 0 radical (unpaired) electrons. The lowest BCUT2D eigenvalue weighted by atomic mass is 9.47. The van der Waals surface area contributed by atoms with E-state index < -0.39 is 0 Å². The van der Waals surface area contributed by atoms with Gasteiger partial charge in [0.25, 0.3) is 0 Å². The molecule has 0 amide bonds. The molecule has 0 bridgehead atoms. The summed E-state index contributed by atoms with van der Waals surface area (Å²) in [5.74, 6) is 1.18. The van der Waals surface area contributed by atoms with Crippen LogP contribution in [-0.4, -0.2) is 17.7 Å². The van der Waals surface area contributed by atoms with Crippen molar-refractivity contribution in [2.75, 3.05) is 6.61 Å². The average Bonchev–Trinajstić information content (AvgIpc) is 2.95. The van der Waals surface area contributed by atoms with Crippen LogP contribution in [0.5, 0.6) is 0 Å². The first-order valence-corrected chi connectivity index (χ1v) is 9.08. The number of hydrogen-bond acceptors (Lipinski definition) is 3. The van der Waals surface area contributed by atoms with E-state index in [2.05, 4.69) is 26.8 Å². The number of esters is 1. The molecule has 3 nitrogen and oxygen atoms in total. The van der Waals surface area contributed by atoms with Gasteiger partial charge in [0.1, 0.15) is 0 Å². The minimum absolute atomic E-state index is 0.116. The fourth-order valence-electron chi connectivity index (χ4n) is 5.44. The van der Waals surface area contributed by atoms with Gasteiger partial charge in [0.05, 0.1) is 19.3 Å². The fraction of sp³-hybridized carbons (Fsp3) is 0.750. The van der Waals surface area contributed by atoms with Crippen LogP contribution in [0.3, 0.4) is 0 Å². The normalized spacial score (nSPS) is 40.3. The van der Waals surface area contributed by atoms with E-state index in [1.165, 1.54) is 24.8 Å². The van der Waals surface area contributed by atoms with Crippen LogP contribution in [0.4, 0.5) is 0 Å². The van der Waals surface area contributed by atoms with Crippen LogP contribution in [0, 0.1) is 22.7 Å². The summed E-state index contributed by atoms with van der Waals surface area (Å²) in [4.78, 5) is 11.3. The zero-order valence-corrected chi connectivity index (χ0v) is 14.7. The third-order valence-corrected chi connectivity index (χ3v) is 7.25. The van der Waals surface area contributed by atoms with E-state index in [0.717, 1.165) is 24.8 Å². The molecule has 1 fully saturated rings. The van der Waals surface area contributed by atoms with Crippen LogP contribution in [0.2, 0.25) is 0 Å². The summed E-state index contributed by atoms with van der Waals surface area (Å²) >= 11 is 0. The summed E-state index contributed by atoms with van der Waals surface area (Å²) in [6.45, 7) is 7.40. The molecule has 0 aromatic rings. The molecule has 3 rings (SSSR count). The number of aliphatic hydroxyl groups is 1. The van der Waals surface area contributed by atoms with Crippen molar-refractivity contribution in [1.29, 1.82) is 0 Å². The molecule has 1 N–H and O–H groups in total. The molecule has 1 aliphatic heterocycles. The van der Waals surface area contributed by atoms with Gasteiger partial charge < -0.3 is 9.84 Å². The van der Waals surface area contributed by atoms with Crippen LogP contribution in [0.1, 0.15) is 65.7 Å². The maximum atomic E-state index is 11.3. The summed E-state index contributed by atoms with van der Waals surface area (Å²) in [5.41, 5.74) is 2.80. The van der Waals surface area contributed by atoms with E-state index in [9.17, 15) is 9.90 Å². The second-order valence-electron chi connectivity index (χ2n) is 8.32. The molecule has 3 heteroatoms. The van der Waals surface area contributed by atoms with Gasteiger partial charge in [-0.2, -0.15) is 0 Å². The number of cyclic esters (lactones) is 1. The molecule has 0 unspecified atom stereocenters. The standard InChI is InChI=1S/C20H30O3/c1-14-7-9-20(3)16(12-21)5-4-6-17(20)19(14,2)10-8-15-11-18(22)23-13-15/h5,13-14,17,21H,4,6-12H2,1-3H3/t14-,17-,19+,20+/m1/s1. The first-order valence-electron chi connectivity index (χ1n) is 9.08. The lowest BCUT2D eigenvalue weighted by molar-refractivity contribution is -0.135. The number of carbonyl (C=O) groups is 1. The number of carbonyl (C=O) groups excluding carboxylic acids is 1. The monoisotopic (exact) mass is 318 g/mol. The Labute approximate surface area is 139 Å². The zero-order valence-electron chi connectivity index (χ0n) is 14.7. The second-order valence-corrected chi connectivity index (χ2v) is 8.32. The summed E-state index contributed by atoms with van der Waals surface area (Å²) < 4.78 is 4.98. The second kappa shape index (κ2) is 6.08. The number of rotatable bonds is 4. The SMILES string of the molecule is C[C@@H]1CC[C@@]2(C)C(CO)=CCC[C@@H]2[C@@]1(C)CCC1=COC(=O)C1. The quantitative estimate of drug-likeness (QED) is 0.618. The van der Waals surface area contributed by atoms with E-state index in [1.807, 2.05) is 0 Å². The Hall–Kier alpha value is -1.09. The molecule has 0 spiro atoms. The van der Waals surface area contributed by atoms with Gasteiger partial charge in [0.15, 0.2) is 0 Å². The summed E-state index contributed by atoms with van der Waals surface area (Å²) in [6.07, 6.45) is 11.2. The topological polar surface area (TPSA) is 46.5 Å². The highest BCUT2D eigenvalue weighted by Gasteiger charge is 2.53. The first-order chi connectivity index (χ1) is 10.9. The lowest BCUT2D eigenvalue weighted by Crippen LogP contribution is -2.50. The summed E-state index contributed by atoms with van der Waals surface area (Å²) in [7, 11) is 0. The van der Waals surface area contributed by atoms with E-state index in [1.54, 1.807) is 6.26 Å². The van der Waals surface area contributed by atoms with Crippen LogP contribution in [-0.2, 0) is 9.53 Å². The Morgan fingerprint density at radius 1 is 1.35 bits per heavy atom. The van der Waals surface area contributed by atoms with Gasteiger partial charge >= 0.3 is 5.97 Å². The van der Waals surface area contributed by atoms with Gasteiger partial charge in [0.2, 0.25) is 0 Å². The van der Waals surface area contributed by atoms with Gasteiger partial charge in [-0.3, -0.25) is 4.79 Å². The number of fused-ring (bicyclic) bond motifs is 1. The minimum atomic E-state index is -0.116. The van der Waals surface area contributed by atoms with Crippen molar-refractivity contribution in [2.24, 2.45) is 22.7 Å². The van der Waals surface area contributed by atoms with Crippen molar-refractivity contribution in [3.8, 4) is 0 Å². The van der Waals surface area contributed by atoms with Gasteiger partial charge in [-0.05, 0) is 72.3 Å². The van der Waals surface area contributed by atoms with Crippen molar-refractivity contribution >= 4 is 5.97 Å². The molecule has 0 aromatic carbocycles. The molecule has 1 saturated carbocycles. The van der Waals surface area contributed by atoms with Crippen molar-refractivity contribution < 1.29 is 14.6 Å². The number of ether oxygens (including phenoxy) is 1. The van der Waals surface area contributed by atoms with E-state index in [-0.39, 0.29) is 23.4 Å². The van der Waals surface area contributed by atoms with Gasteiger partial charge in [-0.25, -0.2) is 0 Å². The van der Waals surface area contributed by atoms with Crippen molar-refractivity contribution in [3.63, 3.8) is 0 Å². The lowest BCUT2D eigenvalue weighted by Gasteiger charge is -2.58. The summed E-state index contributed by atoms with van der Waals surface area (Å²) in [5, 5.41) is 9.83. The minimum Gasteiger partial charge on any atom is -0.434 e. The first kappa shape index (κ1) is 16.8. The summed E-state index contributed by atoms with van der Waals surface area (Å²) in [6, 6.07) is 0. The smallest absolute Gasteiger partial charge is 0.314 e. The van der Waals surface area contributed by atoms with E-state index >= 15 is 0 Å². The Morgan fingerprint density at radius 3 is 2.78 bits per heavy atom. The molecule has 0 saturated heterocycles. The average molecular weight is 318 g/mol. The van der Waals surface area contributed by atoms with E-state index in [0.29, 0.717) is 18.3 Å². The number of allylic oxidation sites excluding steroid dienone is 1. The molecule has 3 aliphatic rings.